The van der Waals surface area contributed by atoms with Crippen LogP contribution in [0.1, 0.15) is 38.5 Å². The molecule has 0 unspecified atom stereocenters. The van der Waals surface area contributed by atoms with Crippen molar-refractivity contribution in [2.75, 3.05) is 52.4 Å². The van der Waals surface area contributed by atoms with Gasteiger partial charge in [0.2, 0.25) is 0 Å². The highest BCUT2D eigenvalue weighted by Gasteiger charge is 2.56. The molecule has 10 nitrogen and oxygen atoms in total. The van der Waals surface area contributed by atoms with Gasteiger partial charge in [-0.2, -0.15) is 43.2 Å². The van der Waals surface area contributed by atoms with Crippen LogP contribution in [-0.2, 0) is 29.6 Å². The molecule has 0 bridgehead atoms. The van der Waals surface area contributed by atoms with Gasteiger partial charge in [-0.3, -0.25) is 9.59 Å². The first-order chi connectivity index (χ1) is 16.5. The fourth-order valence-corrected chi connectivity index (χ4v) is 5.69. The number of piperidine rings is 2. The number of alkyl halides is 6. The van der Waals surface area contributed by atoms with Crippen LogP contribution in [0.4, 0.5) is 26.3 Å². The van der Waals surface area contributed by atoms with E-state index in [0.29, 0.717) is 51.9 Å². The quantitative estimate of drug-likeness (QED) is 0.315. The molecule has 0 saturated carbocycles. The molecule has 0 aromatic carbocycles. The number of rotatable bonds is 8. The van der Waals surface area contributed by atoms with Crippen LogP contribution in [0, 0.1) is 0 Å². The summed E-state index contributed by atoms with van der Waals surface area (Å²) in [5.41, 5.74) is -12.1. The Hall–Kier alpha value is -1.66. The highest BCUT2D eigenvalue weighted by atomic mass is 32.2. The smallest absolute Gasteiger partial charge is 0.302 e. The molecule has 0 aliphatic carbocycles. The zero-order valence-electron chi connectivity index (χ0n) is 19.2. The summed E-state index contributed by atoms with van der Waals surface area (Å²) in [6.45, 7) is -1.77. The Bertz CT molecular complexity index is 911. The summed E-state index contributed by atoms with van der Waals surface area (Å²) >= 11 is 0. The summed E-state index contributed by atoms with van der Waals surface area (Å²) < 4.78 is 126. The second-order valence-corrected chi connectivity index (χ2v) is 12.2. The van der Waals surface area contributed by atoms with Gasteiger partial charge in [0.1, 0.15) is 0 Å². The number of likely N-dealkylation sites (tertiary alicyclic amines) is 2. The van der Waals surface area contributed by atoms with Crippen molar-refractivity contribution in [3.63, 3.8) is 0 Å². The monoisotopic (exact) mass is 574 g/mol. The fourth-order valence-electron chi connectivity index (χ4n) is 3.96. The highest BCUT2D eigenvalue weighted by molar-refractivity contribution is 7.91. The van der Waals surface area contributed by atoms with Crippen molar-refractivity contribution in [3.8, 4) is 0 Å². The molecule has 18 heteroatoms. The Kier molecular flexibility index (Phi) is 10.0. The molecule has 2 saturated heterocycles. The number of nitrogens with zero attached hydrogens (tertiary/aromatic N) is 4. The summed E-state index contributed by atoms with van der Waals surface area (Å²) in [5.74, 6) is -5.06. The Morgan fingerprint density at radius 3 is 1.11 bits per heavy atom. The SMILES string of the molecule is O=C(C(=O)N(CCN1CCCCC1)S(=O)(=O)C(F)(F)F)N(CCN1CCCCC1)S(=O)(=O)C(F)(F)F. The lowest BCUT2D eigenvalue weighted by Crippen LogP contribution is -2.56. The van der Waals surface area contributed by atoms with Crippen molar-refractivity contribution in [2.24, 2.45) is 0 Å². The number of hydrogen-bond donors (Lipinski definition) is 0. The van der Waals surface area contributed by atoms with Crippen LogP contribution in [0.3, 0.4) is 0 Å². The Balaban J connectivity index is 2.36. The fraction of sp³-hybridized carbons (Fsp3) is 0.889. The molecule has 2 aliphatic heterocycles. The third-order valence-electron chi connectivity index (χ3n) is 5.94. The van der Waals surface area contributed by atoms with Gasteiger partial charge in [0, 0.05) is 13.1 Å². The molecular formula is C18H28F6N4O6S2. The lowest BCUT2D eigenvalue weighted by atomic mass is 10.1. The maximum atomic E-state index is 13.3. The van der Waals surface area contributed by atoms with Crippen LogP contribution < -0.4 is 0 Å². The molecule has 210 valence electrons. The zero-order valence-corrected chi connectivity index (χ0v) is 20.9. The Morgan fingerprint density at radius 2 is 0.861 bits per heavy atom. The third kappa shape index (κ3) is 7.22. The maximum Gasteiger partial charge on any atom is 0.516 e. The van der Waals surface area contributed by atoms with E-state index in [-0.39, 0.29) is 0 Å². The minimum atomic E-state index is -6.51. The molecule has 2 amide bonds. The first kappa shape index (κ1) is 30.6. The molecule has 2 rings (SSSR count). The number of carbonyl (C=O) groups is 2. The molecule has 2 fully saturated rings. The van der Waals surface area contributed by atoms with Gasteiger partial charge in [-0.1, -0.05) is 12.8 Å². The first-order valence-electron chi connectivity index (χ1n) is 11.2. The van der Waals surface area contributed by atoms with Gasteiger partial charge in [-0.05, 0) is 51.9 Å². The van der Waals surface area contributed by atoms with Gasteiger partial charge < -0.3 is 9.80 Å². The predicted molar refractivity (Wildman–Crippen MR) is 114 cm³/mol. The summed E-state index contributed by atoms with van der Waals surface area (Å²) in [6, 6.07) is 0. The van der Waals surface area contributed by atoms with E-state index in [4.69, 9.17) is 0 Å². The molecule has 0 aromatic rings. The third-order valence-corrected chi connectivity index (χ3v) is 8.96. The van der Waals surface area contributed by atoms with E-state index in [0.717, 1.165) is 12.8 Å². The summed E-state index contributed by atoms with van der Waals surface area (Å²) in [6.07, 6.45) is 4.22. The molecule has 2 heterocycles. The van der Waals surface area contributed by atoms with Crippen molar-refractivity contribution >= 4 is 31.9 Å². The van der Waals surface area contributed by atoms with Crippen LogP contribution in [0.5, 0.6) is 0 Å². The van der Waals surface area contributed by atoms with E-state index < -0.39 is 77.7 Å². The largest absolute Gasteiger partial charge is 0.516 e. The molecule has 0 spiro atoms. The van der Waals surface area contributed by atoms with Crippen molar-refractivity contribution in [2.45, 2.75) is 49.5 Å². The van der Waals surface area contributed by atoms with Crippen LogP contribution in [-0.4, -0.2) is 110 Å². The van der Waals surface area contributed by atoms with E-state index in [2.05, 4.69) is 0 Å². The second kappa shape index (κ2) is 11.8. The van der Waals surface area contributed by atoms with E-state index in [1.54, 1.807) is 0 Å². The molecular weight excluding hydrogens is 546 g/mol. The maximum absolute atomic E-state index is 13.3. The second-order valence-electron chi connectivity index (χ2n) is 8.46. The highest BCUT2D eigenvalue weighted by Crippen LogP contribution is 2.30. The van der Waals surface area contributed by atoms with Gasteiger partial charge in [-0.25, -0.2) is 8.61 Å². The van der Waals surface area contributed by atoms with E-state index in [1.165, 1.54) is 9.80 Å². The van der Waals surface area contributed by atoms with Crippen LogP contribution in [0.15, 0.2) is 0 Å². The van der Waals surface area contributed by atoms with Crippen LogP contribution in [0.25, 0.3) is 0 Å². The number of hydrogen-bond acceptors (Lipinski definition) is 8. The van der Waals surface area contributed by atoms with Gasteiger partial charge in [-0.15, -0.1) is 0 Å². The average Bonchev–Trinajstić information content (AvgIpc) is 2.78. The number of halogens is 6. The summed E-state index contributed by atoms with van der Waals surface area (Å²) in [7, 11) is -13.0. The Labute approximate surface area is 205 Å². The van der Waals surface area contributed by atoms with Crippen LogP contribution in [0.2, 0.25) is 0 Å². The number of carbonyl (C=O) groups excluding carboxylic acids is 2. The normalized spacial score (nSPS) is 19.2. The van der Waals surface area contributed by atoms with E-state index >= 15 is 0 Å². The number of sulfonamides is 2. The molecule has 0 N–H and O–H groups in total. The molecule has 2 aliphatic rings. The summed E-state index contributed by atoms with van der Waals surface area (Å²) in [4.78, 5) is 28.4. The van der Waals surface area contributed by atoms with Crippen molar-refractivity contribution in [1.82, 2.24) is 18.4 Å². The molecule has 0 radical (unpaired) electrons. The summed E-state index contributed by atoms with van der Waals surface area (Å²) in [5, 5.41) is 0. The van der Waals surface area contributed by atoms with Gasteiger partial charge in [0.15, 0.2) is 0 Å². The van der Waals surface area contributed by atoms with Crippen molar-refractivity contribution in [3.05, 3.63) is 0 Å². The van der Waals surface area contributed by atoms with E-state index in [9.17, 15) is 52.8 Å². The first-order valence-corrected chi connectivity index (χ1v) is 14.1. The van der Waals surface area contributed by atoms with Gasteiger partial charge in [0.25, 0.3) is 0 Å². The van der Waals surface area contributed by atoms with Gasteiger partial charge in [0.05, 0.1) is 13.1 Å². The molecule has 0 atom stereocenters. The lowest BCUT2D eigenvalue weighted by Gasteiger charge is -2.32. The predicted octanol–water partition coefficient (Wildman–Crippen LogP) is 1.31. The van der Waals surface area contributed by atoms with Crippen molar-refractivity contribution in [1.29, 1.82) is 0 Å². The van der Waals surface area contributed by atoms with E-state index in [1.807, 2.05) is 0 Å². The van der Waals surface area contributed by atoms with Gasteiger partial charge >= 0.3 is 42.9 Å². The van der Waals surface area contributed by atoms with Crippen molar-refractivity contribution < 1.29 is 52.8 Å². The zero-order chi connectivity index (χ0) is 27.4. The number of amides is 2. The lowest BCUT2D eigenvalue weighted by molar-refractivity contribution is -0.147. The molecule has 0 aromatic heterocycles. The molecule has 36 heavy (non-hydrogen) atoms. The minimum absolute atomic E-state index is 0.368. The standard InChI is InChI=1S/C18H28F6N4O6S2/c19-17(20,21)35(31,32)27(13-11-25-7-3-1-4-8-25)15(29)16(30)28(36(33,34)18(22,23)24)14-12-26-9-5-2-6-10-26/h1-14H2. The average molecular weight is 575 g/mol. The topological polar surface area (TPSA) is 115 Å². The van der Waals surface area contributed by atoms with Crippen LogP contribution >= 0.6 is 0 Å². The Morgan fingerprint density at radius 1 is 0.583 bits per heavy atom. The minimum Gasteiger partial charge on any atom is -0.302 e.